The highest BCUT2D eigenvalue weighted by atomic mass is 79.9. The fourth-order valence-electron chi connectivity index (χ4n) is 1.82. The molecule has 0 amide bonds. The second kappa shape index (κ2) is 5.24. The molecular weight excluding hydrogens is 290 g/mol. The number of nitrogens with zero attached hydrogens (tertiary/aromatic N) is 2. The SMILES string of the molecule is CC(C)c1ccn(-c2ccc([C@H](C)N)c(Br)c2)n1. The van der Waals surface area contributed by atoms with E-state index in [4.69, 9.17) is 5.73 Å². The van der Waals surface area contributed by atoms with Crippen molar-refractivity contribution in [3.8, 4) is 5.69 Å². The molecule has 1 atom stereocenters. The molecule has 0 spiro atoms. The number of rotatable bonds is 3. The zero-order valence-corrected chi connectivity index (χ0v) is 12.5. The highest BCUT2D eigenvalue weighted by Crippen LogP contribution is 2.25. The Balaban J connectivity index is 2.36. The van der Waals surface area contributed by atoms with Gasteiger partial charge in [-0.25, -0.2) is 4.68 Å². The first kappa shape index (κ1) is 13.3. The molecule has 0 radical (unpaired) electrons. The molecular formula is C14H18BrN3. The van der Waals surface area contributed by atoms with E-state index in [1.54, 1.807) is 0 Å². The standard InChI is InChI=1S/C14H18BrN3/c1-9(2)14-6-7-18(17-14)11-4-5-12(10(3)16)13(15)8-11/h4-10H,16H2,1-3H3/t10-/m0/s1. The van der Waals surface area contributed by atoms with Gasteiger partial charge in [0.05, 0.1) is 11.4 Å². The molecule has 0 unspecified atom stereocenters. The van der Waals surface area contributed by atoms with E-state index in [0.717, 1.165) is 21.4 Å². The number of hydrogen-bond acceptors (Lipinski definition) is 2. The molecule has 0 aliphatic carbocycles. The second-order valence-corrected chi connectivity index (χ2v) is 5.69. The Kier molecular flexibility index (Phi) is 3.88. The van der Waals surface area contributed by atoms with Crippen LogP contribution in [0.5, 0.6) is 0 Å². The van der Waals surface area contributed by atoms with Gasteiger partial charge in [0.2, 0.25) is 0 Å². The minimum Gasteiger partial charge on any atom is -0.324 e. The minimum atomic E-state index is 0.0253. The Morgan fingerprint density at radius 2 is 1.94 bits per heavy atom. The van der Waals surface area contributed by atoms with Crippen LogP contribution in [-0.2, 0) is 0 Å². The van der Waals surface area contributed by atoms with E-state index >= 15 is 0 Å². The average Bonchev–Trinajstić information content (AvgIpc) is 2.77. The van der Waals surface area contributed by atoms with Gasteiger partial charge >= 0.3 is 0 Å². The van der Waals surface area contributed by atoms with Crippen LogP contribution >= 0.6 is 15.9 Å². The molecule has 0 aliphatic rings. The molecule has 1 aromatic carbocycles. The molecule has 0 bridgehead atoms. The van der Waals surface area contributed by atoms with Crippen LogP contribution in [0.3, 0.4) is 0 Å². The minimum absolute atomic E-state index is 0.0253. The molecule has 18 heavy (non-hydrogen) atoms. The Labute approximate surface area is 116 Å². The summed E-state index contributed by atoms with van der Waals surface area (Å²) in [5, 5.41) is 4.56. The van der Waals surface area contributed by atoms with Crippen LogP contribution in [0.4, 0.5) is 0 Å². The van der Waals surface area contributed by atoms with Crippen LogP contribution in [0.25, 0.3) is 5.69 Å². The Morgan fingerprint density at radius 1 is 1.22 bits per heavy atom. The zero-order valence-electron chi connectivity index (χ0n) is 10.9. The van der Waals surface area contributed by atoms with Gasteiger partial charge < -0.3 is 5.73 Å². The van der Waals surface area contributed by atoms with Crippen LogP contribution in [0.15, 0.2) is 34.9 Å². The lowest BCUT2D eigenvalue weighted by Crippen LogP contribution is -2.06. The van der Waals surface area contributed by atoms with Crippen molar-refractivity contribution in [3.63, 3.8) is 0 Å². The third-order valence-electron chi connectivity index (χ3n) is 2.94. The number of halogens is 1. The molecule has 2 aromatic rings. The lowest BCUT2D eigenvalue weighted by molar-refractivity contribution is 0.766. The van der Waals surface area contributed by atoms with Gasteiger partial charge in [-0.1, -0.05) is 35.8 Å². The number of nitrogens with two attached hydrogens (primary N) is 1. The lowest BCUT2D eigenvalue weighted by Gasteiger charge is -2.10. The third kappa shape index (κ3) is 2.65. The summed E-state index contributed by atoms with van der Waals surface area (Å²) in [6.45, 7) is 6.26. The van der Waals surface area contributed by atoms with Crippen molar-refractivity contribution in [1.82, 2.24) is 9.78 Å². The van der Waals surface area contributed by atoms with Crippen molar-refractivity contribution < 1.29 is 0 Å². The van der Waals surface area contributed by atoms with Gasteiger partial charge in [-0.05, 0) is 36.6 Å². The van der Waals surface area contributed by atoms with E-state index in [2.05, 4.69) is 47.0 Å². The topological polar surface area (TPSA) is 43.8 Å². The zero-order chi connectivity index (χ0) is 13.3. The predicted octanol–water partition coefficient (Wildman–Crippen LogP) is 3.78. The van der Waals surface area contributed by atoms with Crippen LogP contribution in [0, 0.1) is 0 Å². The van der Waals surface area contributed by atoms with Crippen molar-refractivity contribution in [2.24, 2.45) is 5.73 Å². The maximum Gasteiger partial charge on any atom is 0.0657 e. The molecule has 0 saturated carbocycles. The van der Waals surface area contributed by atoms with Crippen molar-refractivity contribution in [2.45, 2.75) is 32.7 Å². The first-order valence-corrected chi connectivity index (χ1v) is 6.89. The summed E-state index contributed by atoms with van der Waals surface area (Å²) in [6.07, 6.45) is 1.99. The highest BCUT2D eigenvalue weighted by Gasteiger charge is 2.08. The highest BCUT2D eigenvalue weighted by molar-refractivity contribution is 9.10. The first-order valence-electron chi connectivity index (χ1n) is 6.10. The smallest absolute Gasteiger partial charge is 0.0657 e. The molecule has 0 fully saturated rings. The van der Waals surface area contributed by atoms with Gasteiger partial charge in [-0.2, -0.15) is 5.10 Å². The van der Waals surface area contributed by atoms with Gasteiger partial charge in [-0.3, -0.25) is 0 Å². The van der Waals surface area contributed by atoms with E-state index in [9.17, 15) is 0 Å². The number of hydrogen-bond donors (Lipinski definition) is 1. The van der Waals surface area contributed by atoms with E-state index in [1.165, 1.54) is 0 Å². The Bertz CT molecular complexity index is 544. The van der Waals surface area contributed by atoms with Gasteiger partial charge in [0.15, 0.2) is 0 Å². The van der Waals surface area contributed by atoms with Crippen molar-refractivity contribution in [3.05, 3.63) is 46.2 Å². The molecule has 3 nitrogen and oxygen atoms in total. The molecule has 0 saturated heterocycles. The Hall–Kier alpha value is -1.13. The van der Waals surface area contributed by atoms with E-state index < -0.39 is 0 Å². The van der Waals surface area contributed by atoms with Crippen LogP contribution in [-0.4, -0.2) is 9.78 Å². The summed E-state index contributed by atoms with van der Waals surface area (Å²) >= 11 is 3.56. The van der Waals surface area contributed by atoms with E-state index in [1.807, 2.05) is 29.9 Å². The largest absolute Gasteiger partial charge is 0.324 e. The molecule has 2 rings (SSSR count). The summed E-state index contributed by atoms with van der Waals surface area (Å²) in [4.78, 5) is 0. The van der Waals surface area contributed by atoms with Crippen molar-refractivity contribution >= 4 is 15.9 Å². The van der Waals surface area contributed by atoms with E-state index in [-0.39, 0.29) is 6.04 Å². The molecule has 96 valence electrons. The molecule has 1 heterocycles. The third-order valence-corrected chi connectivity index (χ3v) is 3.63. The summed E-state index contributed by atoms with van der Waals surface area (Å²) in [5.41, 5.74) is 9.14. The fraction of sp³-hybridized carbons (Fsp3) is 0.357. The lowest BCUT2D eigenvalue weighted by atomic mass is 10.1. The summed E-state index contributed by atoms with van der Waals surface area (Å²) < 4.78 is 2.92. The summed E-state index contributed by atoms with van der Waals surface area (Å²) in [7, 11) is 0. The Morgan fingerprint density at radius 3 is 2.44 bits per heavy atom. The van der Waals surface area contributed by atoms with Gasteiger partial charge in [0.25, 0.3) is 0 Å². The van der Waals surface area contributed by atoms with Crippen LogP contribution in [0.2, 0.25) is 0 Å². The second-order valence-electron chi connectivity index (χ2n) is 4.83. The van der Waals surface area contributed by atoms with Gasteiger partial charge in [0.1, 0.15) is 0 Å². The van der Waals surface area contributed by atoms with Crippen LogP contribution in [0.1, 0.15) is 44.0 Å². The molecule has 2 N–H and O–H groups in total. The maximum atomic E-state index is 5.89. The number of aromatic nitrogens is 2. The van der Waals surface area contributed by atoms with Gasteiger partial charge in [-0.15, -0.1) is 0 Å². The molecule has 0 aliphatic heterocycles. The van der Waals surface area contributed by atoms with E-state index in [0.29, 0.717) is 5.92 Å². The normalized spacial score (nSPS) is 13.0. The monoisotopic (exact) mass is 307 g/mol. The predicted molar refractivity (Wildman–Crippen MR) is 78.0 cm³/mol. The maximum absolute atomic E-state index is 5.89. The number of benzene rings is 1. The first-order chi connectivity index (χ1) is 8.49. The average molecular weight is 308 g/mol. The molecule has 4 heteroatoms. The summed E-state index contributed by atoms with van der Waals surface area (Å²) in [6, 6.07) is 8.21. The molecule has 1 aromatic heterocycles. The van der Waals surface area contributed by atoms with Crippen molar-refractivity contribution in [1.29, 1.82) is 0 Å². The summed E-state index contributed by atoms with van der Waals surface area (Å²) in [5.74, 6) is 0.443. The van der Waals surface area contributed by atoms with Gasteiger partial charge in [0, 0.05) is 16.7 Å². The fourth-order valence-corrected chi connectivity index (χ4v) is 2.55. The van der Waals surface area contributed by atoms with Crippen LogP contribution < -0.4 is 5.73 Å². The van der Waals surface area contributed by atoms with Crippen molar-refractivity contribution in [2.75, 3.05) is 0 Å². The quantitative estimate of drug-likeness (QED) is 0.938.